The fourth-order valence-electron chi connectivity index (χ4n) is 0.514. The lowest BCUT2D eigenvalue weighted by molar-refractivity contribution is -0.164. The van der Waals surface area contributed by atoms with Crippen molar-refractivity contribution >= 4 is 5.97 Å². The Hall–Kier alpha value is -0.750. The van der Waals surface area contributed by atoms with E-state index in [1.807, 2.05) is 0 Å². The zero-order valence-electron chi connectivity index (χ0n) is 6.55. The Morgan fingerprint density at radius 3 is 2.50 bits per heavy atom. The molecule has 12 heavy (non-hydrogen) atoms. The van der Waals surface area contributed by atoms with Crippen molar-refractivity contribution in [3.8, 4) is 0 Å². The summed E-state index contributed by atoms with van der Waals surface area (Å²) < 4.78 is 24.5. The second-order valence-corrected chi connectivity index (χ2v) is 2.49. The van der Waals surface area contributed by atoms with Crippen LogP contribution in [0.5, 0.6) is 0 Å². The SMILES string of the molecule is CC(O)CNCC(F)(F)C(=O)O. The van der Waals surface area contributed by atoms with Gasteiger partial charge in [0.2, 0.25) is 0 Å². The Labute approximate surface area is 68.2 Å². The number of carbonyl (C=O) groups is 1. The number of halogens is 2. The molecular formula is C6H11F2NO3. The average molecular weight is 183 g/mol. The number of aliphatic hydroxyl groups excluding tert-OH is 1. The number of aliphatic hydroxyl groups is 1. The number of aliphatic carboxylic acids is 1. The zero-order chi connectivity index (χ0) is 9.78. The standard InChI is InChI=1S/C6H11F2NO3/c1-4(10)2-9-3-6(7,8)5(11)12/h4,9-10H,2-3H2,1H3,(H,11,12). The van der Waals surface area contributed by atoms with E-state index in [1.165, 1.54) is 6.92 Å². The molecular weight excluding hydrogens is 172 g/mol. The summed E-state index contributed by atoms with van der Waals surface area (Å²) in [7, 11) is 0. The van der Waals surface area contributed by atoms with Gasteiger partial charge in [0.1, 0.15) is 0 Å². The second-order valence-electron chi connectivity index (χ2n) is 2.49. The van der Waals surface area contributed by atoms with Crippen LogP contribution in [0.1, 0.15) is 6.92 Å². The van der Waals surface area contributed by atoms with E-state index < -0.39 is 24.5 Å². The van der Waals surface area contributed by atoms with Crippen LogP contribution in [-0.4, -0.2) is 41.3 Å². The van der Waals surface area contributed by atoms with E-state index >= 15 is 0 Å². The second kappa shape index (κ2) is 4.32. The molecule has 0 bridgehead atoms. The summed E-state index contributed by atoms with van der Waals surface area (Å²) in [6, 6.07) is 0. The highest BCUT2D eigenvalue weighted by Crippen LogP contribution is 2.11. The van der Waals surface area contributed by atoms with E-state index in [4.69, 9.17) is 10.2 Å². The third kappa shape index (κ3) is 4.20. The summed E-state index contributed by atoms with van der Waals surface area (Å²) in [6.07, 6.45) is -0.769. The molecule has 0 rings (SSSR count). The molecule has 0 aromatic rings. The molecule has 1 atom stereocenters. The first-order chi connectivity index (χ1) is 5.36. The lowest BCUT2D eigenvalue weighted by Crippen LogP contribution is -2.41. The predicted molar refractivity (Wildman–Crippen MR) is 37.1 cm³/mol. The summed E-state index contributed by atoms with van der Waals surface area (Å²) in [4.78, 5) is 9.84. The molecule has 0 spiro atoms. The molecule has 6 heteroatoms. The number of rotatable bonds is 5. The molecule has 1 unspecified atom stereocenters. The van der Waals surface area contributed by atoms with Crippen molar-refractivity contribution in [2.75, 3.05) is 13.1 Å². The van der Waals surface area contributed by atoms with E-state index in [-0.39, 0.29) is 6.54 Å². The van der Waals surface area contributed by atoms with E-state index in [9.17, 15) is 13.6 Å². The van der Waals surface area contributed by atoms with Gasteiger partial charge in [-0.05, 0) is 6.92 Å². The first-order valence-corrected chi connectivity index (χ1v) is 3.36. The molecule has 0 aromatic carbocycles. The summed E-state index contributed by atoms with van der Waals surface area (Å²) in [5, 5.41) is 18.7. The van der Waals surface area contributed by atoms with E-state index in [1.54, 1.807) is 0 Å². The van der Waals surface area contributed by atoms with Crippen LogP contribution in [0.15, 0.2) is 0 Å². The van der Waals surface area contributed by atoms with Crippen LogP contribution in [0.25, 0.3) is 0 Å². The molecule has 0 aromatic heterocycles. The first-order valence-electron chi connectivity index (χ1n) is 3.36. The van der Waals surface area contributed by atoms with Gasteiger partial charge in [0, 0.05) is 6.54 Å². The van der Waals surface area contributed by atoms with Crippen molar-refractivity contribution in [1.82, 2.24) is 5.32 Å². The number of carboxylic acids is 1. The van der Waals surface area contributed by atoms with Gasteiger partial charge in [-0.15, -0.1) is 0 Å². The van der Waals surface area contributed by atoms with Crippen LogP contribution in [-0.2, 0) is 4.79 Å². The summed E-state index contributed by atoms with van der Waals surface area (Å²) in [5.74, 6) is -5.94. The van der Waals surface area contributed by atoms with Gasteiger partial charge in [-0.25, -0.2) is 4.79 Å². The van der Waals surface area contributed by atoms with Crippen molar-refractivity contribution in [3.05, 3.63) is 0 Å². The van der Waals surface area contributed by atoms with Gasteiger partial charge in [-0.3, -0.25) is 0 Å². The Kier molecular flexibility index (Phi) is 4.05. The Morgan fingerprint density at radius 2 is 2.17 bits per heavy atom. The quantitative estimate of drug-likeness (QED) is 0.546. The maximum atomic E-state index is 12.3. The average Bonchev–Trinajstić information content (AvgIpc) is 1.85. The lowest BCUT2D eigenvalue weighted by Gasteiger charge is -2.12. The predicted octanol–water partition coefficient (Wildman–Crippen LogP) is -0.323. The Bertz CT molecular complexity index is 161. The van der Waals surface area contributed by atoms with Crippen LogP contribution >= 0.6 is 0 Å². The number of alkyl halides is 2. The van der Waals surface area contributed by atoms with Crippen LogP contribution in [0, 0.1) is 0 Å². The summed E-state index contributed by atoms with van der Waals surface area (Å²) in [6.45, 7) is 0.391. The number of hydrogen-bond donors (Lipinski definition) is 3. The molecule has 4 nitrogen and oxygen atoms in total. The lowest BCUT2D eigenvalue weighted by atomic mass is 10.3. The van der Waals surface area contributed by atoms with Crippen molar-refractivity contribution in [2.45, 2.75) is 19.0 Å². The molecule has 0 amide bonds. The smallest absolute Gasteiger partial charge is 0.375 e. The highest BCUT2D eigenvalue weighted by atomic mass is 19.3. The highest BCUT2D eigenvalue weighted by molar-refractivity contribution is 5.75. The molecule has 0 radical (unpaired) electrons. The molecule has 0 fully saturated rings. The third-order valence-electron chi connectivity index (χ3n) is 1.10. The monoisotopic (exact) mass is 183 g/mol. The first kappa shape index (κ1) is 11.2. The minimum absolute atomic E-state index is 0.0527. The molecule has 0 aliphatic heterocycles. The topological polar surface area (TPSA) is 69.6 Å². The van der Waals surface area contributed by atoms with Gasteiger partial charge < -0.3 is 15.5 Å². The van der Waals surface area contributed by atoms with Crippen LogP contribution in [0.2, 0.25) is 0 Å². The molecule has 0 saturated heterocycles. The van der Waals surface area contributed by atoms with Crippen molar-refractivity contribution in [2.24, 2.45) is 0 Å². The van der Waals surface area contributed by atoms with Gasteiger partial charge in [0.05, 0.1) is 12.6 Å². The van der Waals surface area contributed by atoms with Gasteiger partial charge in [-0.2, -0.15) is 8.78 Å². The van der Waals surface area contributed by atoms with E-state index in [0.717, 1.165) is 0 Å². The van der Waals surface area contributed by atoms with Gasteiger partial charge in [0.25, 0.3) is 0 Å². The van der Waals surface area contributed by atoms with Crippen LogP contribution < -0.4 is 5.32 Å². The normalized spacial score (nSPS) is 14.3. The molecule has 3 N–H and O–H groups in total. The number of nitrogens with one attached hydrogen (secondary N) is 1. The molecule has 0 heterocycles. The number of hydrogen-bond acceptors (Lipinski definition) is 3. The molecule has 0 aliphatic rings. The molecule has 0 aliphatic carbocycles. The Balaban J connectivity index is 3.69. The number of carboxylic acid groups (broad SMARTS) is 1. The molecule has 0 saturated carbocycles. The van der Waals surface area contributed by atoms with Crippen molar-refractivity contribution in [1.29, 1.82) is 0 Å². The van der Waals surface area contributed by atoms with E-state index in [2.05, 4.69) is 5.32 Å². The largest absolute Gasteiger partial charge is 0.477 e. The minimum atomic E-state index is -3.77. The summed E-state index contributed by atoms with van der Waals surface area (Å²) >= 11 is 0. The van der Waals surface area contributed by atoms with Gasteiger partial charge >= 0.3 is 11.9 Å². The third-order valence-corrected chi connectivity index (χ3v) is 1.10. The fraction of sp³-hybridized carbons (Fsp3) is 0.833. The maximum Gasteiger partial charge on any atom is 0.375 e. The van der Waals surface area contributed by atoms with Crippen LogP contribution in [0.3, 0.4) is 0 Å². The zero-order valence-corrected chi connectivity index (χ0v) is 6.55. The molecule has 72 valence electrons. The Morgan fingerprint density at radius 1 is 1.67 bits per heavy atom. The van der Waals surface area contributed by atoms with Crippen molar-refractivity contribution in [3.63, 3.8) is 0 Å². The van der Waals surface area contributed by atoms with Crippen LogP contribution in [0.4, 0.5) is 8.78 Å². The highest BCUT2D eigenvalue weighted by Gasteiger charge is 2.38. The van der Waals surface area contributed by atoms with Gasteiger partial charge in [-0.1, -0.05) is 0 Å². The minimum Gasteiger partial charge on any atom is -0.477 e. The van der Waals surface area contributed by atoms with Crippen molar-refractivity contribution < 1.29 is 23.8 Å². The summed E-state index contributed by atoms with van der Waals surface area (Å²) in [5.41, 5.74) is 0. The van der Waals surface area contributed by atoms with E-state index in [0.29, 0.717) is 0 Å². The maximum absolute atomic E-state index is 12.3. The van der Waals surface area contributed by atoms with Gasteiger partial charge in [0.15, 0.2) is 0 Å². The fourth-order valence-corrected chi connectivity index (χ4v) is 0.514.